The standard InChI is InChI=1S/C19H33NO/c1-7-14-9-10-15(19(4,5)6)12-16(14)13(3)11-18(21)17(20)8-2/h9-10,12-13,17-18,21H,7-8,11,20H2,1-6H3. The second-order valence-electron chi connectivity index (χ2n) is 7.29. The van der Waals surface area contributed by atoms with Crippen LogP contribution in [0.3, 0.4) is 0 Å². The van der Waals surface area contributed by atoms with Crippen LogP contribution >= 0.6 is 0 Å². The van der Waals surface area contributed by atoms with Gasteiger partial charge in [0.25, 0.3) is 0 Å². The van der Waals surface area contributed by atoms with Gasteiger partial charge in [0.1, 0.15) is 0 Å². The third-order valence-corrected chi connectivity index (χ3v) is 4.48. The van der Waals surface area contributed by atoms with Crippen LogP contribution in [0.4, 0.5) is 0 Å². The number of aryl methyl sites for hydroxylation is 1. The maximum Gasteiger partial charge on any atom is 0.0696 e. The lowest BCUT2D eigenvalue weighted by Gasteiger charge is -2.26. The number of hydrogen-bond donors (Lipinski definition) is 2. The Morgan fingerprint density at radius 2 is 1.81 bits per heavy atom. The molecule has 0 fully saturated rings. The van der Waals surface area contributed by atoms with Gasteiger partial charge in [-0.05, 0) is 47.3 Å². The van der Waals surface area contributed by atoms with Gasteiger partial charge in [0, 0.05) is 6.04 Å². The fourth-order valence-electron chi connectivity index (χ4n) is 2.78. The van der Waals surface area contributed by atoms with Gasteiger partial charge < -0.3 is 10.8 Å². The van der Waals surface area contributed by atoms with E-state index in [2.05, 4.69) is 52.8 Å². The van der Waals surface area contributed by atoms with Crippen molar-refractivity contribution in [3.8, 4) is 0 Å². The van der Waals surface area contributed by atoms with Crippen molar-refractivity contribution in [3.63, 3.8) is 0 Å². The highest BCUT2D eigenvalue weighted by Crippen LogP contribution is 2.31. The Balaban J connectivity index is 3.03. The highest BCUT2D eigenvalue weighted by Gasteiger charge is 2.21. The van der Waals surface area contributed by atoms with E-state index in [1.54, 1.807) is 0 Å². The van der Waals surface area contributed by atoms with Crippen LogP contribution in [0.15, 0.2) is 18.2 Å². The van der Waals surface area contributed by atoms with Crippen LogP contribution in [0.1, 0.15) is 77.0 Å². The molecule has 0 amide bonds. The van der Waals surface area contributed by atoms with Crippen LogP contribution in [-0.2, 0) is 11.8 Å². The minimum atomic E-state index is -0.423. The first-order valence-corrected chi connectivity index (χ1v) is 8.27. The van der Waals surface area contributed by atoms with Gasteiger partial charge >= 0.3 is 0 Å². The van der Waals surface area contributed by atoms with Crippen molar-refractivity contribution < 1.29 is 5.11 Å². The lowest BCUT2D eigenvalue weighted by Crippen LogP contribution is -2.34. The molecule has 1 aromatic rings. The molecular formula is C19H33NO. The summed E-state index contributed by atoms with van der Waals surface area (Å²) in [5.41, 5.74) is 10.2. The normalized spacial score (nSPS) is 16.6. The molecule has 21 heavy (non-hydrogen) atoms. The van der Waals surface area contributed by atoms with Crippen molar-refractivity contribution in [1.82, 2.24) is 0 Å². The molecule has 0 aliphatic rings. The van der Waals surface area contributed by atoms with Crippen molar-refractivity contribution in [1.29, 1.82) is 0 Å². The Hall–Kier alpha value is -0.860. The van der Waals surface area contributed by atoms with Crippen LogP contribution in [-0.4, -0.2) is 17.3 Å². The van der Waals surface area contributed by atoms with Gasteiger partial charge in [-0.1, -0.05) is 59.7 Å². The topological polar surface area (TPSA) is 46.2 Å². The summed E-state index contributed by atoms with van der Waals surface area (Å²) < 4.78 is 0. The number of rotatable bonds is 6. The molecule has 0 aliphatic heterocycles. The van der Waals surface area contributed by atoms with Gasteiger partial charge in [0.2, 0.25) is 0 Å². The van der Waals surface area contributed by atoms with E-state index in [1.165, 1.54) is 16.7 Å². The molecule has 0 saturated carbocycles. The van der Waals surface area contributed by atoms with Crippen LogP contribution in [0.2, 0.25) is 0 Å². The first-order valence-electron chi connectivity index (χ1n) is 8.27. The first-order chi connectivity index (χ1) is 9.70. The largest absolute Gasteiger partial charge is 0.391 e. The Kier molecular flexibility index (Phi) is 6.42. The summed E-state index contributed by atoms with van der Waals surface area (Å²) in [7, 11) is 0. The Morgan fingerprint density at radius 1 is 1.19 bits per heavy atom. The smallest absolute Gasteiger partial charge is 0.0696 e. The molecule has 1 aromatic carbocycles. The van der Waals surface area contributed by atoms with E-state index < -0.39 is 6.10 Å². The predicted molar refractivity (Wildman–Crippen MR) is 91.8 cm³/mol. The van der Waals surface area contributed by atoms with Crippen LogP contribution in [0.25, 0.3) is 0 Å². The molecule has 3 unspecified atom stereocenters. The van der Waals surface area contributed by atoms with Crippen molar-refractivity contribution in [2.24, 2.45) is 5.73 Å². The van der Waals surface area contributed by atoms with E-state index >= 15 is 0 Å². The number of aliphatic hydroxyl groups excluding tert-OH is 1. The molecule has 120 valence electrons. The van der Waals surface area contributed by atoms with Gasteiger partial charge in [-0.25, -0.2) is 0 Å². The zero-order valence-corrected chi connectivity index (χ0v) is 14.6. The van der Waals surface area contributed by atoms with Crippen molar-refractivity contribution in [3.05, 3.63) is 34.9 Å². The summed E-state index contributed by atoms with van der Waals surface area (Å²) in [6.07, 6.45) is 2.15. The second kappa shape index (κ2) is 7.42. The van der Waals surface area contributed by atoms with E-state index in [4.69, 9.17) is 5.73 Å². The molecule has 0 radical (unpaired) electrons. The van der Waals surface area contributed by atoms with Crippen LogP contribution in [0.5, 0.6) is 0 Å². The summed E-state index contributed by atoms with van der Waals surface area (Å²) in [6, 6.07) is 6.69. The molecule has 0 saturated heterocycles. The SMILES string of the molecule is CCc1ccc(C(C)(C)C)cc1C(C)CC(O)C(N)CC. The monoisotopic (exact) mass is 291 g/mol. The fraction of sp³-hybridized carbons (Fsp3) is 0.684. The highest BCUT2D eigenvalue weighted by atomic mass is 16.3. The van der Waals surface area contributed by atoms with Crippen molar-refractivity contribution in [2.75, 3.05) is 0 Å². The third-order valence-electron chi connectivity index (χ3n) is 4.48. The zero-order valence-electron chi connectivity index (χ0n) is 14.6. The number of nitrogens with two attached hydrogens (primary N) is 1. The Labute approximate surface area is 130 Å². The van der Waals surface area contributed by atoms with Crippen LogP contribution < -0.4 is 5.73 Å². The van der Waals surface area contributed by atoms with Gasteiger partial charge in [0.05, 0.1) is 6.10 Å². The molecule has 2 nitrogen and oxygen atoms in total. The molecule has 3 N–H and O–H groups in total. The van der Waals surface area contributed by atoms with E-state index in [9.17, 15) is 5.11 Å². The third kappa shape index (κ3) is 4.82. The minimum Gasteiger partial charge on any atom is -0.391 e. The highest BCUT2D eigenvalue weighted by molar-refractivity contribution is 5.37. The van der Waals surface area contributed by atoms with Gasteiger partial charge in [0.15, 0.2) is 0 Å². The Bertz CT molecular complexity index is 447. The maximum atomic E-state index is 10.2. The summed E-state index contributed by atoms with van der Waals surface area (Å²) in [6.45, 7) is 13.1. The maximum absolute atomic E-state index is 10.2. The zero-order chi connectivity index (χ0) is 16.2. The van der Waals surface area contributed by atoms with E-state index in [0.29, 0.717) is 5.92 Å². The summed E-state index contributed by atoms with van der Waals surface area (Å²) in [5, 5.41) is 10.2. The van der Waals surface area contributed by atoms with Gasteiger partial charge in [-0.2, -0.15) is 0 Å². The molecule has 0 spiro atoms. The number of aliphatic hydroxyl groups is 1. The summed E-state index contributed by atoms with van der Waals surface area (Å²) in [4.78, 5) is 0. The van der Waals surface area contributed by atoms with E-state index in [-0.39, 0.29) is 11.5 Å². The lowest BCUT2D eigenvalue weighted by atomic mass is 9.81. The summed E-state index contributed by atoms with van der Waals surface area (Å²) in [5.74, 6) is 0.329. The van der Waals surface area contributed by atoms with Crippen molar-refractivity contribution in [2.45, 2.75) is 84.3 Å². The minimum absolute atomic E-state index is 0.122. The van der Waals surface area contributed by atoms with E-state index in [1.807, 2.05) is 6.92 Å². The average molecular weight is 291 g/mol. The molecule has 1 rings (SSSR count). The van der Waals surface area contributed by atoms with Crippen LogP contribution in [0, 0.1) is 0 Å². The Morgan fingerprint density at radius 3 is 2.29 bits per heavy atom. The van der Waals surface area contributed by atoms with Gasteiger partial charge in [-0.3, -0.25) is 0 Å². The molecule has 0 aliphatic carbocycles. The lowest BCUT2D eigenvalue weighted by molar-refractivity contribution is 0.126. The summed E-state index contributed by atoms with van der Waals surface area (Å²) >= 11 is 0. The van der Waals surface area contributed by atoms with Crippen molar-refractivity contribution >= 4 is 0 Å². The molecule has 0 heterocycles. The van der Waals surface area contributed by atoms with E-state index in [0.717, 1.165) is 19.3 Å². The second-order valence-corrected chi connectivity index (χ2v) is 7.29. The quantitative estimate of drug-likeness (QED) is 0.827. The molecule has 2 heteroatoms. The van der Waals surface area contributed by atoms with Gasteiger partial charge in [-0.15, -0.1) is 0 Å². The number of hydrogen-bond acceptors (Lipinski definition) is 2. The molecule has 0 bridgehead atoms. The molecule has 3 atom stereocenters. The average Bonchev–Trinajstić information content (AvgIpc) is 2.44. The number of benzene rings is 1. The first kappa shape index (κ1) is 18.2. The predicted octanol–water partition coefficient (Wildman–Crippen LogP) is 4.14. The molecule has 0 aromatic heterocycles. The fourth-order valence-corrected chi connectivity index (χ4v) is 2.78. The molecular weight excluding hydrogens is 258 g/mol.